The van der Waals surface area contributed by atoms with E-state index >= 15 is 0 Å². The predicted molar refractivity (Wildman–Crippen MR) is 104 cm³/mol. The summed E-state index contributed by atoms with van der Waals surface area (Å²) in [5.74, 6) is 0.272. The van der Waals surface area contributed by atoms with E-state index in [0.717, 1.165) is 11.3 Å². The number of hydrogen-bond acceptors (Lipinski definition) is 3. The van der Waals surface area contributed by atoms with Gasteiger partial charge in [-0.15, -0.1) is 0 Å². The fourth-order valence-electron chi connectivity index (χ4n) is 2.32. The summed E-state index contributed by atoms with van der Waals surface area (Å²) in [6.07, 6.45) is 3.15. The summed E-state index contributed by atoms with van der Waals surface area (Å²) in [5, 5.41) is 5.58. The van der Waals surface area contributed by atoms with Crippen LogP contribution in [0.3, 0.4) is 0 Å². The van der Waals surface area contributed by atoms with Crippen LogP contribution in [-0.2, 0) is 4.79 Å². The van der Waals surface area contributed by atoms with Crippen molar-refractivity contribution in [1.29, 1.82) is 0 Å². The Hall–Kier alpha value is -3.08. The molecule has 0 bridgehead atoms. The summed E-state index contributed by atoms with van der Waals surface area (Å²) in [4.78, 5) is 24.4. The van der Waals surface area contributed by atoms with Crippen LogP contribution in [0, 0.1) is 0 Å². The Morgan fingerprint density at radius 3 is 2.42 bits per heavy atom. The first-order chi connectivity index (χ1) is 12.5. The third kappa shape index (κ3) is 5.77. The maximum Gasteiger partial charge on any atom is 0.253 e. The third-order valence-corrected chi connectivity index (χ3v) is 3.47. The smallest absolute Gasteiger partial charge is 0.253 e. The lowest BCUT2D eigenvalue weighted by Gasteiger charge is -2.12. The number of benzene rings is 2. The van der Waals surface area contributed by atoms with Gasteiger partial charge in [0.2, 0.25) is 5.91 Å². The zero-order valence-electron chi connectivity index (χ0n) is 15.3. The Labute approximate surface area is 154 Å². The SMILES string of the molecule is CCOc1ccc(/C=C/C(=O)Nc2ccccc2C(=O)NC(C)C)cc1. The van der Waals surface area contributed by atoms with Gasteiger partial charge in [0.1, 0.15) is 5.75 Å². The molecule has 0 aliphatic heterocycles. The summed E-state index contributed by atoms with van der Waals surface area (Å²) in [7, 11) is 0. The van der Waals surface area contributed by atoms with Crippen LogP contribution in [0.25, 0.3) is 6.08 Å². The van der Waals surface area contributed by atoms with Gasteiger partial charge in [0.15, 0.2) is 0 Å². The third-order valence-electron chi connectivity index (χ3n) is 3.47. The first kappa shape index (κ1) is 19.2. The number of carbonyl (C=O) groups excluding carboxylic acids is 2. The van der Waals surface area contributed by atoms with Crippen LogP contribution in [0.4, 0.5) is 5.69 Å². The number of para-hydroxylation sites is 1. The molecule has 2 amide bonds. The molecule has 5 heteroatoms. The van der Waals surface area contributed by atoms with Gasteiger partial charge in [-0.3, -0.25) is 9.59 Å². The van der Waals surface area contributed by atoms with Gasteiger partial charge in [-0.2, -0.15) is 0 Å². The van der Waals surface area contributed by atoms with Gasteiger partial charge in [0.05, 0.1) is 17.9 Å². The Kier molecular flexibility index (Phi) is 6.97. The van der Waals surface area contributed by atoms with E-state index in [2.05, 4.69) is 10.6 Å². The van der Waals surface area contributed by atoms with E-state index in [9.17, 15) is 9.59 Å². The molecule has 2 aromatic carbocycles. The van der Waals surface area contributed by atoms with Crippen LogP contribution in [0.5, 0.6) is 5.75 Å². The number of amides is 2. The molecule has 0 fully saturated rings. The molecule has 2 rings (SSSR count). The fourth-order valence-corrected chi connectivity index (χ4v) is 2.32. The van der Waals surface area contributed by atoms with Crippen molar-refractivity contribution in [2.45, 2.75) is 26.8 Å². The van der Waals surface area contributed by atoms with E-state index in [0.29, 0.717) is 17.9 Å². The molecule has 0 aliphatic rings. The van der Waals surface area contributed by atoms with E-state index < -0.39 is 0 Å². The number of hydrogen-bond donors (Lipinski definition) is 2. The van der Waals surface area contributed by atoms with Gasteiger partial charge in [-0.1, -0.05) is 24.3 Å². The van der Waals surface area contributed by atoms with E-state index in [1.165, 1.54) is 6.08 Å². The Morgan fingerprint density at radius 2 is 1.77 bits per heavy atom. The highest BCUT2D eigenvalue weighted by molar-refractivity contribution is 6.07. The van der Waals surface area contributed by atoms with E-state index in [4.69, 9.17) is 4.74 Å². The van der Waals surface area contributed by atoms with Crippen LogP contribution < -0.4 is 15.4 Å². The lowest BCUT2D eigenvalue weighted by atomic mass is 10.1. The van der Waals surface area contributed by atoms with Gasteiger partial charge in [0, 0.05) is 12.1 Å². The standard InChI is InChI=1S/C21H24N2O3/c1-4-26-17-12-9-16(10-13-17)11-14-20(24)23-19-8-6-5-7-18(19)21(25)22-15(2)3/h5-15H,4H2,1-3H3,(H,22,25)(H,23,24)/b14-11+. The van der Waals surface area contributed by atoms with Crippen molar-refractivity contribution >= 4 is 23.6 Å². The maximum absolute atomic E-state index is 12.2. The van der Waals surface area contributed by atoms with Crippen LogP contribution in [-0.4, -0.2) is 24.5 Å². The van der Waals surface area contributed by atoms with Crippen LogP contribution in [0.1, 0.15) is 36.7 Å². The molecule has 0 atom stereocenters. The highest BCUT2D eigenvalue weighted by Gasteiger charge is 2.12. The molecule has 2 aromatic rings. The zero-order valence-corrected chi connectivity index (χ0v) is 15.3. The number of nitrogens with one attached hydrogen (secondary N) is 2. The van der Waals surface area contributed by atoms with E-state index in [1.807, 2.05) is 45.0 Å². The first-order valence-corrected chi connectivity index (χ1v) is 8.61. The Bertz CT molecular complexity index is 780. The molecule has 0 aliphatic carbocycles. The lowest BCUT2D eigenvalue weighted by molar-refractivity contribution is -0.111. The molecule has 136 valence electrons. The molecule has 0 unspecified atom stereocenters. The second-order valence-corrected chi connectivity index (χ2v) is 6.00. The second kappa shape index (κ2) is 9.42. The molecule has 0 spiro atoms. The average molecular weight is 352 g/mol. The zero-order chi connectivity index (χ0) is 18.9. The number of rotatable bonds is 7. The Morgan fingerprint density at radius 1 is 1.08 bits per heavy atom. The number of carbonyl (C=O) groups is 2. The molecule has 5 nitrogen and oxygen atoms in total. The van der Waals surface area contributed by atoms with Gasteiger partial charge >= 0.3 is 0 Å². The van der Waals surface area contributed by atoms with E-state index in [1.54, 1.807) is 30.3 Å². The van der Waals surface area contributed by atoms with Crippen molar-refractivity contribution in [3.8, 4) is 5.75 Å². The lowest BCUT2D eigenvalue weighted by Crippen LogP contribution is -2.30. The van der Waals surface area contributed by atoms with Crippen molar-refractivity contribution in [3.63, 3.8) is 0 Å². The molecule has 0 heterocycles. The predicted octanol–water partition coefficient (Wildman–Crippen LogP) is 3.88. The number of ether oxygens (including phenoxy) is 1. The second-order valence-electron chi connectivity index (χ2n) is 6.00. The quantitative estimate of drug-likeness (QED) is 0.743. The van der Waals surface area contributed by atoms with Crippen molar-refractivity contribution in [3.05, 3.63) is 65.7 Å². The Balaban J connectivity index is 2.04. The monoisotopic (exact) mass is 352 g/mol. The summed E-state index contributed by atoms with van der Waals surface area (Å²) in [6, 6.07) is 14.4. The molecule has 0 aromatic heterocycles. The van der Waals surface area contributed by atoms with Crippen LogP contribution >= 0.6 is 0 Å². The van der Waals surface area contributed by atoms with Crippen molar-refractivity contribution < 1.29 is 14.3 Å². The van der Waals surface area contributed by atoms with Gasteiger partial charge < -0.3 is 15.4 Å². The summed E-state index contributed by atoms with van der Waals surface area (Å²) in [6.45, 7) is 6.32. The highest BCUT2D eigenvalue weighted by Crippen LogP contribution is 2.16. The molecule has 2 N–H and O–H groups in total. The minimum atomic E-state index is -0.302. The fraction of sp³-hybridized carbons (Fsp3) is 0.238. The van der Waals surface area contributed by atoms with E-state index in [-0.39, 0.29) is 17.9 Å². The topological polar surface area (TPSA) is 67.4 Å². The summed E-state index contributed by atoms with van der Waals surface area (Å²) >= 11 is 0. The molecule has 0 saturated carbocycles. The van der Waals surface area contributed by atoms with Crippen molar-refractivity contribution in [2.75, 3.05) is 11.9 Å². The van der Waals surface area contributed by atoms with Crippen LogP contribution in [0.2, 0.25) is 0 Å². The first-order valence-electron chi connectivity index (χ1n) is 8.61. The number of anilines is 1. The molecular formula is C21H24N2O3. The average Bonchev–Trinajstić information content (AvgIpc) is 2.61. The summed E-state index contributed by atoms with van der Waals surface area (Å²) < 4.78 is 5.39. The van der Waals surface area contributed by atoms with Crippen LogP contribution in [0.15, 0.2) is 54.6 Å². The minimum absolute atomic E-state index is 0.0193. The van der Waals surface area contributed by atoms with Crippen molar-refractivity contribution in [2.24, 2.45) is 0 Å². The summed E-state index contributed by atoms with van der Waals surface area (Å²) in [5.41, 5.74) is 1.80. The molecule has 0 radical (unpaired) electrons. The molecule has 0 saturated heterocycles. The van der Waals surface area contributed by atoms with Gasteiger partial charge in [-0.25, -0.2) is 0 Å². The highest BCUT2D eigenvalue weighted by atomic mass is 16.5. The molecular weight excluding hydrogens is 328 g/mol. The maximum atomic E-state index is 12.2. The van der Waals surface area contributed by atoms with Gasteiger partial charge in [0.25, 0.3) is 5.91 Å². The van der Waals surface area contributed by atoms with Crippen molar-refractivity contribution in [1.82, 2.24) is 5.32 Å². The molecule has 26 heavy (non-hydrogen) atoms. The minimum Gasteiger partial charge on any atom is -0.494 e. The largest absolute Gasteiger partial charge is 0.494 e. The normalized spacial score (nSPS) is 10.8. The van der Waals surface area contributed by atoms with Gasteiger partial charge in [-0.05, 0) is 56.7 Å².